The fourth-order valence-corrected chi connectivity index (χ4v) is 4.64. The minimum Gasteiger partial charge on any atom is -0.481 e. The highest BCUT2D eigenvalue weighted by Crippen LogP contribution is 2.46. The summed E-state index contributed by atoms with van der Waals surface area (Å²) in [4.78, 5) is 10.6. The molecule has 6 atom stereocenters. The van der Waals surface area contributed by atoms with Gasteiger partial charge in [0, 0.05) is 12.8 Å². The summed E-state index contributed by atoms with van der Waals surface area (Å²) >= 11 is 0. The summed E-state index contributed by atoms with van der Waals surface area (Å²) in [6, 6.07) is 0. The Kier molecular flexibility index (Phi) is 8.67. The van der Waals surface area contributed by atoms with E-state index in [-0.39, 0.29) is 36.8 Å². The molecular formula is C20H36O5. The maximum atomic E-state index is 10.6. The summed E-state index contributed by atoms with van der Waals surface area (Å²) < 4.78 is 6.11. The number of unbranched alkanes of at least 4 members (excludes halogenated alkanes) is 3. The van der Waals surface area contributed by atoms with Gasteiger partial charge in [0.2, 0.25) is 0 Å². The minimum atomic E-state index is -0.732. The van der Waals surface area contributed by atoms with Crippen molar-refractivity contribution in [3.8, 4) is 0 Å². The first-order valence-electron chi connectivity index (χ1n) is 10.2. The number of aliphatic hydroxyl groups excluding tert-OH is 2. The van der Waals surface area contributed by atoms with Crippen molar-refractivity contribution in [3.63, 3.8) is 0 Å². The van der Waals surface area contributed by atoms with Crippen molar-refractivity contribution in [2.75, 3.05) is 0 Å². The third-order valence-corrected chi connectivity index (χ3v) is 6.04. The summed E-state index contributed by atoms with van der Waals surface area (Å²) in [6.07, 6.45) is 10.2. The summed E-state index contributed by atoms with van der Waals surface area (Å²) in [7, 11) is 0. The molecule has 1 saturated heterocycles. The zero-order valence-electron chi connectivity index (χ0n) is 15.6. The molecule has 0 aromatic rings. The highest BCUT2D eigenvalue weighted by Gasteiger charge is 2.48. The van der Waals surface area contributed by atoms with E-state index >= 15 is 0 Å². The van der Waals surface area contributed by atoms with Crippen LogP contribution in [0.5, 0.6) is 0 Å². The molecule has 0 aromatic heterocycles. The van der Waals surface area contributed by atoms with E-state index in [4.69, 9.17) is 9.84 Å². The lowest BCUT2D eigenvalue weighted by Gasteiger charge is -2.22. The van der Waals surface area contributed by atoms with E-state index in [0.717, 1.165) is 44.9 Å². The Labute approximate surface area is 151 Å². The van der Waals surface area contributed by atoms with Gasteiger partial charge in [0.1, 0.15) is 0 Å². The molecule has 3 unspecified atom stereocenters. The lowest BCUT2D eigenvalue weighted by atomic mass is 9.85. The van der Waals surface area contributed by atoms with Gasteiger partial charge in [-0.05, 0) is 50.4 Å². The second-order valence-electron chi connectivity index (χ2n) is 8.03. The second kappa shape index (κ2) is 10.5. The molecule has 5 heteroatoms. The van der Waals surface area contributed by atoms with Gasteiger partial charge in [0.25, 0.3) is 0 Å². The predicted molar refractivity (Wildman–Crippen MR) is 96.4 cm³/mol. The zero-order chi connectivity index (χ0) is 18.2. The maximum Gasteiger partial charge on any atom is 0.303 e. The molecule has 0 aromatic carbocycles. The summed E-state index contributed by atoms with van der Waals surface area (Å²) in [5.41, 5.74) is 0. The van der Waals surface area contributed by atoms with Gasteiger partial charge < -0.3 is 20.1 Å². The number of carboxylic acids is 1. The van der Waals surface area contributed by atoms with Crippen LogP contribution in [-0.4, -0.2) is 45.7 Å². The minimum absolute atomic E-state index is 0.154. The number of ether oxygens (including phenoxy) is 1. The third-order valence-electron chi connectivity index (χ3n) is 6.04. The molecule has 1 aliphatic heterocycles. The number of carbonyl (C=O) groups is 1. The van der Waals surface area contributed by atoms with Crippen LogP contribution in [0.4, 0.5) is 0 Å². The normalized spacial score (nSPS) is 32.7. The molecule has 25 heavy (non-hydrogen) atoms. The van der Waals surface area contributed by atoms with Gasteiger partial charge in [-0.3, -0.25) is 4.79 Å². The maximum absolute atomic E-state index is 10.6. The van der Waals surface area contributed by atoms with Gasteiger partial charge in [-0.15, -0.1) is 0 Å². The summed E-state index contributed by atoms with van der Waals surface area (Å²) in [6.45, 7) is 2.17. The van der Waals surface area contributed by atoms with Crippen LogP contribution >= 0.6 is 0 Å². The molecule has 0 bridgehead atoms. The van der Waals surface area contributed by atoms with Crippen LogP contribution in [0.25, 0.3) is 0 Å². The van der Waals surface area contributed by atoms with Crippen LogP contribution in [0.15, 0.2) is 0 Å². The molecule has 0 spiro atoms. The van der Waals surface area contributed by atoms with Crippen LogP contribution in [0, 0.1) is 11.8 Å². The Bertz CT molecular complexity index is 400. The largest absolute Gasteiger partial charge is 0.481 e. The third kappa shape index (κ3) is 6.54. The predicted octanol–water partition coefficient (Wildman–Crippen LogP) is 3.51. The standard InChI is InChI=1S/C20H36O5/c1-2-3-4-7-14(21)10-11-16-17-12-15(8-5-6-9-20(23)24)25-19(17)13-18(16)22/h14-19,21-22H,2-13H2,1H3,(H,23,24)/t14-,15?,16?,17?,18+,19-/m0/s1. The van der Waals surface area contributed by atoms with Gasteiger partial charge in [0.05, 0.1) is 24.4 Å². The lowest BCUT2D eigenvalue weighted by Crippen LogP contribution is -2.22. The molecule has 2 fully saturated rings. The van der Waals surface area contributed by atoms with Crippen molar-refractivity contribution in [2.24, 2.45) is 11.8 Å². The number of rotatable bonds is 12. The van der Waals surface area contributed by atoms with Crippen LogP contribution in [0.3, 0.4) is 0 Å². The molecule has 2 aliphatic rings. The highest BCUT2D eigenvalue weighted by molar-refractivity contribution is 5.66. The average molecular weight is 357 g/mol. The Morgan fingerprint density at radius 2 is 1.92 bits per heavy atom. The monoisotopic (exact) mass is 356 g/mol. The topological polar surface area (TPSA) is 87.0 Å². The summed E-state index contributed by atoms with van der Waals surface area (Å²) in [5.74, 6) is -0.0814. The van der Waals surface area contributed by atoms with Crippen LogP contribution in [-0.2, 0) is 9.53 Å². The van der Waals surface area contributed by atoms with Crippen LogP contribution in [0.1, 0.15) is 84.0 Å². The van der Waals surface area contributed by atoms with E-state index in [0.29, 0.717) is 18.8 Å². The van der Waals surface area contributed by atoms with Crippen LogP contribution in [0.2, 0.25) is 0 Å². The number of hydrogen-bond acceptors (Lipinski definition) is 4. The number of hydrogen-bond donors (Lipinski definition) is 3. The number of carboxylic acid groups (broad SMARTS) is 1. The molecular weight excluding hydrogens is 320 g/mol. The van der Waals surface area contributed by atoms with Crippen molar-refractivity contribution in [1.82, 2.24) is 0 Å². The first kappa shape index (κ1) is 20.7. The van der Waals surface area contributed by atoms with Gasteiger partial charge in [-0.2, -0.15) is 0 Å². The van der Waals surface area contributed by atoms with Crippen molar-refractivity contribution >= 4 is 5.97 Å². The molecule has 146 valence electrons. The summed E-state index contributed by atoms with van der Waals surface area (Å²) in [5, 5.41) is 29.2. The second-order valence-corrected chi connectivity index (χ2v) is 8.03. The Hall–Kier alpha value is -0.650. The molecule has 0 amide bonds. The van der Waals surface area contributed by atoms with E-state index in [2.05, 4.69) is 6.92 Å². The molecule has 3 N–H and O–H groups in total. The average Bonchev–Trinajstić information content (AvgIpc) is 3.06. The number of aliphatic hydroxyl groups is 2. The smallest absolute Gasteiger partial charge is 0.303 e. The SMILES string of the molecule is CCCCC[C@H](O)CCC1C2CC(CCCCC(=O)O)O[C@H]2C[C@H]1O. The van der Waals surface area contributed by atoms with Gasteiger partial charge in [0.15, 0.2) is 0 Å². The first-order valence-corrected chi connectivity index (χ1v) is 10.2. The van der Waals surface area contributed by atoms with Crippen molar-refractivity contribution in [1.29, 1.82) is 0 Å². The molecule has 1 heterocycles. The molecule has 1 saturated carbocycles. The van der Waals surface area contributed by atoms with Crippen LogP contribution < -0.4 is 0 Å². The van der Waals surface area contributed by atoms with Gasteiger partial charge >= 0.3 is 5.97 Å². The number of fused-ring (bicyclic) bond motifs is 1. The Morgan fingerprint density at radius 1 is 1.12 bits per heavy atom. The van der Waals surface area contributed by atoms with E-state index in [1.807, 2.05) is 0 Å². The quantitative estimate of drug-likeness (QED) is 0.466. The first-order chi connectivity index (χ1) is 12.0. The van der Waals surface area contributed by atoms with Crippen molar-refractivity contribution < 1.29 is 24.9 Å². The van der Waals surface area contributed by atoms with Crippen molar-refractivity contribution in [2.45, 2.75) is 108 Å². The molecule has 0 radical (unpaired) electrons. The van der Waals surface area contributed by atoms with E-state index in [9.17, 15) is 15.0 Å². The Morgan fingerprint density at radius 3 is 2.64 bits per heavy atom. The highest BCUT2D eigenvalue weighted by atomic mass is 16.5. The lowest BCUT2D eigenvalue weighted by molar-refractivity contribution is -0.137. The van der Waals surface area contributed by atoms with E-state index in [1.165, 1.54) is 12.8 Å². The molecule has 5 nitrogen and oxygen atoms in total. The Balaban J connectivity index is 1.69. The van der Waals surface area contributed by atoms with E-state index < -0.39 is 5.97 Å². The van der Waals surface area contributed by atoms with E-state index in [1.54, 1.807) is 0 Å². The van der Waals surface area contributed by atoms with Crippen molar-refractivity contribution in [3.05, 3.63) is 0 Å². The van der Waals surface area contributed by atoms with Gasteiger partial charge in [-0.25, -0.2) is 0 Å². The number of aliphatic carboxylic acids is 1. The fraction of sp³-hybridized carbons (Fsp3) is 0.950. The molecule has 1 aliphatic carbocycles. The molecule has 2 rings (SSSR count). The fourth-order valence-electron chi connectivity index (χ4n) is 4.64. The zero-order valence-corrected chi connectivity index (χ0v) is 15.6. The van der Waals surface area contributed by atoms with Gasteiger partial charge in [-0.1, -0.05) is 32.6 Å².